The van der Waals surface area contributed by atoms with Gasteiger partial charge < -0.3 is 19.9 Å². The van der Waals surface area contributed by atoms with Gasteiger partial charge in [0.2, 0.25) is 5.91 Å². The number of carbonyl (C=O) groups excluding carboxylic acids is 1. The molecule has 0 bridgehead atoms. The number of para-hydroxylation sites is 2. The summed E-state index contributed by atoms with van der Waals surface area (Å²) in [7, 11) is 3.83. The number of nitrogens with one attached hydrogen (secondary N) is 1. The third-order valence-electron chi connectivity index (χ3n) is 6.72. The maximum Gasteiger partial charge on any atom is 0.234 e. The summed E-state index contributed by atoms with van der Waals surface area (Å²) < 4.78 is 2.00. The van der Waals surface area contributed by atoms with Crippen LogP contribution >= 0.6 is 0 Å². The first-order valence-electron chi connectivity index (χ1n) is 11.9. The normalized spacial score (nSPS) is 18.5. The molecule has 1 unspecified atom stereocenters. The fraction of sp³-hybridized carbons (Fsp3) is 0.385. The number of piperidine rings is 1. The van der Waals surface area contributed by atoms with Gasteiger partial charge in [0.05, 0.1) is 35.2 Å². The number of pyridine rings is 2. The Kier molecular flexibility index (Phi) is 6.36. The van der Waals surface area contributed by atoms with Gasteiger partial charge in [0.15, 0.2) is 0 Å². The molecule has 0 saturated carbocycles. The van der Waals surface area contributed by atoms with E-state index in [1.165, 1.54) is 0 Å². The lowest BCUT2D eigenvalue weighted by molar-refractivity contribution is -0.122. The molecule has 0 spiro atoms. The molecule has 1 aromatic carbocycles. The molecule has 182 valence electrons. The zero-order valence-electron chi connectivity index (χ0n) is 20.2. The zero-order valence-corrected chi connectivity index (χ0v) is 20.2. The molecule has 35 heavy (non-hydrogen) atoms. The van der Waals surface area contributed by atoms with Crippen molar-refractivity contribution in [2.75, 3.05) is 38.1 Å². The predicted molar refractivity (Wildman–Crippen MR) is 136 cm³/mol. The molecule has 9 nitrogen and oxygen atoms in total. The summed E-state index contributed by atoms with van der Waals surface area (Å²) in [6, 6.07) is 11.8. The van der Waals surface area contributed by atoms with Crippen LogP contribution in [0.1, 0.15) is 18.7 Å². The number of aryl methyl sites for hydroxylation is 1. The van der Waals surface area contributed by atoms with Crippen molar-refractivity contribution >= 4 is 33.5 Å². The monoisotopic (exact) mass is 473 g/mol. The maximum absolute atomic E-state index is 12.6. The van der Waals surface area contributed by atoms with Gasteiger partial charge in [0.1, 0.15) is 5.82 Å². The molecule has 0 radical (unpaired) electrons. The number of likely N-dealkylation sites (N-methyl/N-ethyl adjacent to an activating group) is 1. The molecule has 3 aromatic heterocycles. The summed E-state index contributed by atoms with van der Waals surface area (Å²) in [5.41, 5.74) is 2.96. The molecule has 5 rings (SSSR count). The molecule has 2 N–H and O–H groups in total. The Hall–Kier alpha value is -3.56. The van der Waals surface area contributed by atoms with Crippen molar-refractivity contribution in [1.29, 1.82) is 0 Å². The molecule has 4 heterocycles. The van der Waals surface area contributed by atoms with E-state index < -0.39 is 5.60 Å². The highest BCUT2D eigenvalue weighted by molar-refractivity contribution is 5.90. The molecule has 1 aliphatic rings. The number of aliphatic hydroxyl groups is 1. The van der Waals surface area contributed by atoms with Crippen molar-refractivity contribution in [3.8, 4) is 0 Å². The SMILES string of the molecule is CN(CC(=O)NCc1nc2ccccc2n1C)CC1(O)CCCN(c2ccnc3ccncc23)C1. The van der Waals surface area contributed by atoms with E-state index in [1.54, 1.807) is 12.4 Å². The highest BCUT2D eigenvalue weighted by atomic mass is 16.3. The average molecular weight is 474 g/mol. The predicted octanol–water partition coefficient (Wildman–Crippen LogP) is 2.10. The number of β-amino-alcohol motifs (C(OH)–C–C–N with tert-alkyl or cyclic N) is 1. The van der Waals surface area contributed by atoms with Gasteiger partial charge >= 0.3 is 0 Å². The molecule has 1 saturated heterocycles. The number of rotatable bonds is 7. The number of carbonyl (C=O) groups is 1. The summed E-state index contributed by atoms with van der Waals surface area (Å²) in [6.45, 7) is 2.32. The van der Waals surface area contributed by atoms with Crippen LogP contribution in [0.15, 0.2) is 55.0 Å². The smallest absolute Gasteiger partial charge is 0.234 e. The van der Waals surface area contributed by atoms with Crippen LogP contribution in [0.5, 0.6) is 0 Å². The van der Waals surface area contributed by atoms with Gasteiger partial charge in [-0.15, -0.1) is 0 Å². The first-order chi connectivity index (χ1) is 16.9. The van der Waals surface area contributed by atoms with Gasteiger partial charge in [0.25, 0.3) is 0 Å². The molecule has 1 atom stereocenters. The van der Waals surface area contributed by atoms with Crippen LogP contribution in [0, 0.1) is 0 Å². The average Bonchev–Trinajstić information content (AvgIpc) is 3.17. The van der Waals surface area contributed by atoms with E-state index in [-0.39, 0.29) is 12.5 Å². The number of hydrogen-bond acceptors (Lipinski definition) is 7. The Labute approximate surface area is 204 Å². The van der Waals surface area contributed by atoms with Crippen molar-refractivity contribution in [3.63, 3.8) is 0 Å². The van der Waals surface area contributed by atoms with Crippen LogP contribution < -0.4 is 10.2 Å². The summed E-state index contributed by atoms with van der Waals surface area (Å²) in [5, 5.41) is 15.4. The standard InChI is InChI=1S/C26H31N7O2/c1-31(16-25(34)29-15-24-30-21-6-3-4-7-23(21)32(24)2)17-26(35)10-5-13-33(18-26)22-9-12-28-20-8-11-27-14-19(20)22/h3-4,6-9,11-12,14,35H,5,10,13,15-18H2,1-2H3,(H,29,34). The topological polar surface area (TPSA) is 99.4 Å². The van der Waals surface area contributed by atoms with Crippen molar-refractivity contribution < 1.29 is 9.90 Å². The molecule has 1 fully saturated rings. The van der Waals surface area contributed by atoms with Crippen molar-refractivity contribution in [2.45, 2.75) is 25.0 Å². The first-order valence-corrected chi connectivity index (χ1v) is 11.9. The van der Waals surface area contributed by atoms with E-state index in [0.717, 1.165) is 46.4 Å². The minimum Gasteiger partial charge on any atom is -0.387 e. The Morgan fingerprint density at radius 2 is 2.06 bits per heavy atom. The number of fused-ring (bicyclic) bond motifs is 2. The van der Waals surface area contributed by atoms with Crippen LogP contribution in [0.3, 0.4) is 0 Å². The Bertz CT molecular complexity index is 1350. The van der Waals surface area contributed by atoms with E-state index in [1.807, 2.05) is 66.2 Å². The van der Waals surface area contributed by atoms with Crippen molar-refractivity contribution in [2.24, 2.45) is 7.05 Å². The largest absolute Gasteiger partial charge is 0.387 e. The van der Waals surface area contributed by atoms with E-state index in [4.69, 9.17) is 0 Å². The maximum atomic E-state index is 12.6. The molecular formula is C26H31N7O2. The molecule has 1 aliphatic heterocycles. The molecule has 4 aromatic rings. The summed E-state index contributed by atoms with van der Waals surface area (Å²) in [5.74, 6) is 0.713. The van der Waals surface area contributed by atoms with E-state index in [2.05, 4.69) is 25.2 Å². The summed E-state index contributed by atoms with van der Waals surface area (Å²) in [4.78, 5) is 30.0. The Morgan fingerprint density at radius 1 is 1.20 bits per heavy atom. The van der Waals surface area contributed by atoms with Gasteiger partial charge in [-0.05, 0) is 44.2 Å². The first kappa shape index (κ1) is 23.2. The van der Waals surface area contributed by atoms with Crippen LogP contribution in [-0.4, -0.2) is 74.3 Å². The van der Waals surface area contributed by atoms with E-state index >= 15 is 0 Å². The van der Waals surface area contributed by atoms with Gasteiger partial charge in [-0.3, -0.25) is 19.7 Å². The number of benzene rings is 1. The lowest BCUT2D eigenvalue weighted by Crippen LogP contribution is -2.54. The minimum absolute atomic E-state index is 0.0953. The number of nitrogens with zero attached hydrogens (tertiary/aromatic N) is 6. The second kappa shape index (κ2) is 9.59. The number of anilines is 1. The van der Waals surface area contributed by atoms with Gasteiger partial charge in [-0.1, -0.05) is 12.1 Å². The van der Waals surface area contributed by atoms with Crippen molar-refractivity contribution in [1.82, 2.24) is 29.7 Å². The highest BCUT2D eigenvalue weighted by Crippen LogP contribution is 2.30. The molecule has 0 aliphatic carbocycles. The van der Waals surface area contributed by atoms with Crippen LogP contribution in [0.2, 0.25) is 0 Å². The second-order valence-electron chi connectivity index (χ2n) is 9.50. The highest BCUT2D eigenvalue weighted by Gasteiger charge is 2.35. The fourth-order valence-corrected chi connectivity index (χ4v) is 5.09. The van der Waals surface area contributed by atoms with E-state index in [9.17, 15) is 9.90 Å². The number of aromatic nitrogens is 4. The van der Waals surface area contributed by atoms with Gasteiger partial charge in [0, 0.05) is 56.3 Å². The van der Waals surface area contributed by atoms with Gasteiger partial charge in [-0.2, -0.15) is 0 Å². The number of amides is 1. The van der Waals surface area contributed by atoms with Crippen LogP contribution in [0.4, 0.5) is 5.69 Å². The molecular weight excluding hydrogens is 442 g/mol. The Morgan fingerprint density at radius 3 is 2.91 bits per heavy atom. The second-order valence-corrected chi connectivity index (χ2v) is 9.50. The number of hydrogen-bond donors (Lipinski definition) is 2. The summed E-state index contributed by atoms with van der Waals surface area (Å²) >= 11 is 0. The lowest BCUT2D eigenvalue weighted by atomic mass is 9.91. The minimum atomic E-state index is -0.914. The van der Waals surface area contributed by atoms with E-state index in [0.29, 0.717) is 26.1 Å². The molecule has 1 amide bonds. The van der Waals surface area contributed by atoms with Crippen LogP contribution in [-0.2, 0) is 18.4 Å². The quantitative estimate of drug-likeness (QED) is 0.424. The fourth-order valence-electron chi connectivity index (χ4n) is 5.09. The third-order valence-corrected chi connectivity index (χ3v) is 6.72. The summed E-state index contributed by atoms with van der Waals surface area (Å²) in [6.07, 6.45) is 6.92. The molecule has 9 heteroatoms. The van der Waals surface area contributed by atoms with Gasteiger partial charge in [-0.25, -0.2) is 4.98 Å². The van der Waals surface area contributed by atoms with Crippen molar-refractivity contribution in [3.05, 3.63) is 60.8 Å². The Balaban J connectivity index is 1.19. The third kappa shape index (κ3) is 4.96. The van der Waals surface area contributed by atoms with Crippen LogP contribution in [0.25, 0.3) is 21.9 Å². The zero-order chi connectivity index (χ0) is 24.4. The number of imidazole rings is 1. The lowest BCUT2D eigenvalue weighted by Gasteiger charge is -2.42.